The molecule has 9 nitrogen and oxygen atoms in total. The fraction of sp³-hybridized carbons (Fsp3) is 0.211. The first-order chi connectivity index (χ1) is 13.6. The Hall–Kier alpha value is -3.59. The topological polar surface area (TPSA) is 131 Å². The third kappa shape index (κ3) is 3.23. The van der Waals surface area contributed by atoms with E-state index in [1.165, 1.54) is 0 Å². The average Bonchev–Trinajstić information content (AvgIpc) is 3.11. The van der Waals surface area contributed by atoms with Crippen molar-refractivity contribution in [1.82, 2.24) is 25.0 Å². The monoisotopic (exact) mass is 380 g/mol. The first-order valence-electron chi connectivity index (χ1n) is 8.78. The number of aromatic nitrogens is 4. The van der Waals surface area contributed by atoms with Crippen LogP contribution < -0.4 is 21.5 Å². The zero-order valence-electron chi connectivity index (χ0n) is 15.3. The number of fused-ring (bicyclic) bond motifs is 1. The lowest BCUT2D eigenvalue weighted by Crippen LogP contribution is -2.12. The van der Waals surface area contributed by atoms with Crippen LogP contribution in [0.25, 0.3) is 16.7 Å². The molecule has 0 spiro atoms. The number of methoxy groups -OCH3 is 1. The number of ether oxygens (including phenoxy) is 1. The van der Waals surface area contributed by atoms with Crippen molar-refractivity contribution in [2.75, 3.05) is 12.8 Å². The van der Waals surface area contributed by atoms with Gasteiger partial charge in [-0.15, -0.1) is 0 Å². The molecule has 0 fully saturated rings. The molecule has 4 rings (SSSR count). The van der Waals surface area contributed by atoms with Crippen LogP contribution in [-0.4, -0.2) is 31.8 Å². The number of hydrogen-bond acceptors (Lipinski definition) is 7. The van der Waals surface area contributed by atoms with Crippen LogP contribution in [-0.2, 0) is 6.54 Å². The van der Waals surface area contributed by atoms with E-state index in [9.17, 15) is 10.0 Å². The van der Waals surface area contributed by atoms with Gasteiger partial charge >= 0.3 is 0 Å². The lowest BCUT2D eigenvalue weighted by atomic mass is 9.95. The predicted molar refractivity (Wildman–Crippen MR) is 105 cm³/mol. The maximum atomic E-state index is 12.0. The van der Waals surface area contributed by atoms with E-state index in [2.05, 4.69) is 26.5 Å². The highest BCUT2D eigenvalue weighted by Crippen LogP contribution is 2.32. The number of nitrogens with zero attached hydrogens (tertiary/aromatic N) is 3. The number of nitrogens with two attached hydrogens (primary N) is 1. The van der Waals surface area contributed by atoms with Gasteiger partial charge in [-0.1, -0.05) is 12.1 Å². The number of benzene rings is 1. The van der Waals surface area contributed by atoms with Gasteiger partial charge in [-0.25, -0.2) is 4.98 Å². The molecule has 0 saturated heterocycles. The quantitative estimate of drug-likeness (QED) is 0.496. The number of H-pyrrole nitrogens is 1. The lowest BCUT2D eigenvalue weighted by molar-refractivity contribution is 0.196. The first-order valence-corrected chi connectivity index (χ1v) is 8.78. The van der Waals surface area contributed by atoms with Crippen LogP contribution >= 0.6 is 0 Å². The Kier molecular flexibility index (Phi) is 4.58. The number of hydrogen-bond donors (Lipinski definition) is 4. The second-order valence-electron chi connectivity index (χ2n) is 6.51. The number of hydroxylamine groups is 1. The van der Waals surface area contributed by atoms with Crippen molar-refractivity contribution in [1.29, 1.82) is 0 Å². The second-order valence-corrected chi connectivity index (χ2v) is 6.51. The Morgan fingerprint density at radius 3 is 3.07 bits per heavy atom. The van der Waals surface area contributed by atoms with Gasteiger partial charge in [0, 0.05) is 11.3 Å². The minimum Gasteiger partial charge on any atom is -0.496 e. The second kappa shape index (κ2) is 7.20. The molecule has 2 aromatic heterocycles. The summed E-state index contributed by atoms with van der Waals surface area (Å²) >= 11 is 0. The van der Waals surface area contributed by atoms with Gasteiger partial charge in [0.2, 0.25) is 5.95 Å². The van der Waals surface area contributed by atoms with Crippen LogP contribution in [0.15, 0.2) is 47.2 Å². The van der Waals surface area contributed by atoms with E-state index in [1.807, 2.05) is 24.3 Å². The summed E-state index contributed by atoms with van der Waals surface area (Å²) in [7, 11) is 1.62. The third-order valence-corrected chi connectivity index (χ3v) is 4.67. The summed E-state index contributed by atoms with van der Waals surface area (Å²) in [4.78, 5) is 22.7. The van der Waals surface area contributed by atoms with Gasteiger partial charge in [0.25, 0.3) is 5.56 Å². The molecule has 28 heavy (non-hydrogen) atoms. The molecule has 0 atom stereocenters. The summed E-state index contributed by atoms with van der Waals surface area (Å²) < 4.78 is 7.29. The maximum Gasteiger partial charge on any atom is 0.280 e. The standard InChI is InChI=1S/C19H20N6O3/c1-28-15-6-5-11(7-14(15)12-3-2-4-13(8-12)24-27)9-25-10-21-16-17(25)22-19(20)23-18(16)26/h3,5-8,10,24,27H,2,4,9H2,1H3,(H3,20,22,23,26). The number of rotatable bonds is 5. The molecule has 0 amide bonds. The summed E-state index contributed by atoms with van der Waals surface area (Å²) in [5, 5.41) is 9.22. The third-order valence-electron chi connectivity index (χ3n) is 4.67. The first kappa shape index (κ1) is 17.8. The van der Waals surface area contributed by atoms with E-state index in [0.29, 0.717) is 12.2 Å². The molecule has 1 aromatic carbocycles. The van der Waals surface area contributed by atoms with E-state index >= 15 is 0 Å². The molecule has 1 aliphatic rings. The number of allylic oxidation sites excluding steroid dienone is 4. The van der Waals surface area contributed by atoms with Gasteiger partial charge in [-0.2, -0.15) is 4.98 Å². The largest absolute Gasteiger partial charge is 0.496 e. The zero-order chi connectivity index (χ0) is 19.7. The minimum atomic E-state index is -0.363. The molecule has 5 N–H and O–H groups in total. The number of anilines is 1. The van der Waals surface area contributed by atoms with Crippen LogP contribution in [0.3, 0.4) is 0 Å². The Morgan fingerprint density at radius 2 is 2.29 bits per heavy atom. The summed E-state index contributed by atoms with van der Waals surface area (Å²) in [5.74, 6) is 0.788. The molecule has 1 aliphatic carbocycles. The Balaban J connectivity index is 1.73. The van der Waals surface area contributed by atoms with E-state index in [4.69, 9.17) is 10.5 Å². The van der Waals surface area contributed by atoms with Gasteiger partial charge < -0.3 is 15.0 Å². The van der Waals surface area contributed by atoms with Crippen LogP contribution in [0, 0.1) is 0 Å². The van der Waals surface area contributed by atoms with Gasteiger partial charge in [0.15, 0.2) is 11.2 Å². The molecule has 3 aromatic rings. The summed E-state index contributed by atoms with van der Waals surface area (Å²) in [6.07, 6.45) is 7.16. The predicted octanol–water partition coefficient (Wildman–Crippen LogP) is 1.80. The summed E-state index contributed by atoms with van der Waals surface area (Å²) in [5.41, 5.74) is 11.8. The van der Waals surface area contributed by atoms with Gasteiger partial charge in [-0.05, 0) is 42.2 Å². The van der Waals surface area contributed by atoms with Crippen molar-refractivity contribution in [2.45, 2.75) is 19.4 Å². The van der Waals surface area contributed by atoms with E-state index in [1.54, 1.807) is 18.0 Å². The van der Waals surface area contributed by atoms with Crippen LogP contribution in [0.4, 0.5) is 5.95 Å². The highest BCUT2D eigenvalue weighted by Gasteiger charge is 2.14. The van der Waals surface area contributed by atoms with E-state index in [0.717, 1.165) is 41.0 Å². The van der Waals surface area contributed by atoms with Gasteiger partial charge in [-0.3, -0.25) is 20.5 Å². The fourth-order valence-corrected chi connectivity index (χ4v) is 3.34. The SMILES string of the molecule is COc1ccc(Cn2cnc3c(=O)[nH]c(N)nc32)cc1C1=CCCC(NO)=C1. The normalized spacial score (nSPS) is 13.9. The Labute approximate surface area is 160 Å². The fourth-order valence-electron chi connectivity index (χ4n) is 3.34. The molecule has 0 bridgehead atoms. The van der Waals surface area contributed by atoms with Crippen molar-refractivity contribution < 1.29 is 9.94 Å². The molecule has 2 heterocycles. The minimum absolute atomic E-state index is 0.0520. The lowest BCUT2D eigenvalue weighted by Gasteiger charge is -2.16. The van der Waals surface area contributed by atoms with Crippen molar-refractivity contribution in [3.63, 3.8) is 0 Å². The van der Waals surface area contributed by atoms with Crippen molar-refractivity contribution in [3.05, 3.63) is 63.9 Å². The molecule has 144 valence electrons. The van der Waals surface area contributed by atoms with Gasteiger partial charge in [0.1, 0.15) is 5.75 Å². The van der Waals surface area contributed by atoms with Crippen LogP contribution in [0.1, 0.15) is 24.0 Å². The van der Waals surface area contributed by atoms with Gasteiger partial charge in [0.05, 0.1) is 20.0 Å². The molecular formula is C19H20N6O3. The van der Waals surface area contributed by atoms with E-state index in [-0.39, 0.29) is 17.0 Å². The number of nitrogens with one attached hydrogen (secondary N) is 2. The van der Waals surface area contributed by atoms with Crippen LogP contribution in [0.5, 0.6) is 5.75 Å². The Morgan fingerprint density at radius 1 is 1.43 bits per heavy atom. The molecule has 0 saturated carbocycles. The molecular weight excluding hydrogens is 360 g/mol. The van der Waals surface area contributed by atoms with Crippen molar-refractivity contribution in [2.24, 2.45) is 0 Å². The number of imidazole rings is 1. The Bertz CT molecular complexity index is 1160. The smallest absolute Gasteiger partial charge is 0.280 e. The van der Waals surface area contributed by atoms with E-state index < -0.39 is 0 Å². The average molecular weight is 380 g/mol. The summed E-state index contributed by atoms with van der Waals surface area (Å²) in [6, 6.07) is 5.86. The zero-order valence-corrected chi connectivity index (χ0v) is 15.3. The highest BCUT2D eigenvalue weighted by molar-refractivity contribution is 5.79. The maximum absolute atomic E-state index is 12.0. The molecule has 9 heteroatoms. The number of nitrogen functional groups attached to an aromatic ring is 1. The summed E-state index contributed by atoms with van der Waals surface area (Å²) in [6.45, 7) is 0.464. The van der Waals surface area contributed by atoms with Crippen LogP contribution in [0.2, 0.25) is 0 Å². The number of aromatic amines is 1. The molecule has 0 aliphatic heterocycles. The molecule has 0 radical (unpaired) electrons. The molecule has 0 unspecified atom stereocenters. The van der Waals surface area contributed by atoms with Crippen molar-refractivity contribution >= 4 is 22.7 Å². The highest BCUT2D eigenvalue weighted by atomic mass is 16.5. The van der Waals surface area contributed by atoms with Crippen molar-refractivity contribution in [3.8, 4) is 5.75 Å².